The Balaban J connectivity index is 2.24. The molecule has 2 aromatic carbocycles. The second-order valence-electron chi connectivity index (χ2n) is 9.85. The maximum atomic E-state index is 12.8. The standard InChI is InChI=1S/C27H38N2O4/c1-9-26(5,6)19-11-14-24(21(15-19)27(7,8)10-2)33-17(3)25(32)29-20-12-13-22(23(31)16-20)28-18(4)30/h11-17,31H,9-10H2,1-8H3,(H,28,30)(H,29,32). The van der Waals surface area contributed by atoms with Gasteiger partial charge in [-0.1, -0.05) is 53.7 Å². The number of benzene rings is 2. The van der Waals surface area contributed by atoms with E-state index in [4.69, 9.17) is 4.74 Å². The molecule has 2 aromatic rings. The second kappa shape index (κ2) is 10.3. The van der Waals surface area contributed by atoms with E-state index >= 15 is 0 Å². The van der Waals surface area contributed by atoms with Gasteiger partial charge in [0, 0.05) is 24.2 Å². The van der Waals surface area contributed by atoms with Crippen molar-refractivity contribution in [1.82, 2.24) is 0 Å². The summed E-state index contributed by atoms with van der Waals surface area (Å²) >= 11 is 0. The van der Waals surface area contributed by atoms with E-state index in [2.05, 4.69) is 64.3 Å². The maximum absolute atomic E-state index is 12.8. The van der Waals surface area contributed by atoms with Gasteiger partial charge in [0.1, 0.15) is 11.5 Å². The van der Waals surface area contributed by atoms with Gasteiger partial charge in [-0.2, -0.15) is 0 Å². The van der Waals surface area contributed by atoms with Gasteiger partial charge in [0.25, 0.3) is 5.91 Å². The number of carbonyl (C=O) groups excluding carboxylic acids is 2. The Hall–Kier alpha value is -3.02. The van der Waals surface area contributed by atoms with Crippen molar-refractivity contribution in [2.75, 3.05) is 10.6 Å². The molecule has 0 saturated carbocycles. The summed E-state index contributed by atoms with van der Waals surface area (Å²) in [6, 6.07) is 10.8. The van der Waals surface area contributed by atoms with Crippen LogP contribution in [-0.2, 0) is 20.4 Å². The molecule has 0 spiro atoms. The third-order valence-electron chi connectivity index (χ3n) is 6.51. The lowest BCUT2D eigenvalue weighted by Gasteiger charge is -2.31. The third kappa shape index (κ3) is 6.50. The first-order valence-corrected chi connectivity index (χ1v) is 11.5. The molecule has 0 aromatic heterocycles. The highest BCUT2D eigenvalue weighted by molar-refractivity contribution is 5.95. The van der Waals surface area contributed by atoms with Crippen LogP contribution in [0.3, 0.4) is 0 Å². The van der Waals surface area contributed by atoms with Crippen molar-refractivity contribution >= 4 is 23.2 Å². The van der Waals surface area contributed by atoms with E-state index in [1.165, 1.54) is 24.6 Å². The maximum Gasteiger partial charge on any atom is 0.265 e. The topological polar surface area (TPSA) is 87.7 Å². The fourth-order valence-corrected chi connectivity index (χ4v) is 3.37. The number of aromatic hydroxyl groups is 1. The largest absolute Gasteiger partial charge is 0.506 e. The van der Waals surface area contributed by atoms with Crippen LogP contribution in [-0.4, -0.2) is 23.0 Å². The minimum atomic E-state index is -0.751. The number of carbonyl (C=O) groups is 2. The molecule has 1 atom stereocenters. The fourth-order valence-electron chi connectivity index (χ4n) is 3.37. The highest BCUT2D eigenvalue weighted by Crippen LogP contribution is 2.39. The summed E-state index contributed by atoms with van der Waals surface area (Å²) in [4.78, 5) is 24.0. The number of rotatable bonds is 9. The van der Waals surface area contributed by atoms with Crippen molar-refractivity contribution < 1.29 is 19.4 Å². The Morgan fingerprint density at radius 2 is 1.61 bits per heavy atom. The number of amides is 2. The number of nitrogens with one attached hydrogen (secondary N) is 2. The molecule has 2 rings (SSSR count). The summed E-state index contributed by atoms with van der Waals surface area (Å²) in [5, 5.41) is 15.4. The van der Waals surface area contributed by atoms with E-state index in [0.717, 1.165) is 18.4 Å². The van der Waals surface area contributed by atoms with E-state index < -0.39 is 6.10 Å². The van der Waals surface area contributed by atoms with E-state index in [-0.39, 0.29) is 34.1 Å². The van der Waals surface area contributed by atoms with Crippen LogP contribution >= 0.6 is 0 Å². The van der Waals surface area contributed by atoms with Crippen LogP contribution in [0.2, 0.25) is 0 Å². The molecule has 0 saturated heterocycles. The van der Waals surface area contributed by atoms with Crippen LogP contribution in [0.1, 0.15) is 79.4 Å². The molecule has 0 heterocycles. The number of hydrogen-bond acceptors (Lipinski definition) is 4. The summed E-state index contributed by atoms with van der Waals surface area (Å²) in [6.45, 7) is 16.2. The van der Waals surface area contributed by atoms with Crippen molar-refractivity contribution in [2.45, 2.75) is 85.2 Å². The van der Waals surface area contributed by atoms with Gasteiger partial charge in [-0.05, 0) is 54.4 Å². The lowest BCUT2D eigenvalue weighted by Crippen LogP contribution is -2.31. The third-order valence-corrected chi connectivity index (χ3v) is 6.51. The van der Waals surface area contributed by atoms with Gasteiger partial charge >= 0.3 is 0 Å². The van der Waals surface area contributed by atoms with Crippen LogP contribution in [0, 0.1) is 0 Å². The molecule has 6 heteroatoms. The number of hydrogen-bond donors (Lipinski definition) is 3. The van der Waals surface area contributed by atoms with Gasteiger partial charge in [0.05, 0.1) is 5.69 Å². The molecule has 0 bridgehead atoms. The molecular weight excluding hydrogens is 416 g/mol. The lowest BCUT2D eigenvalue weighted by molar-refractivity contribution is -0.122. The van der Waals surface area contributed by atoms with E-state index in [9.17, 15) is 14.7 Å². The summed E-state index contributed by atoms with van der Waals surface area (Å²) in [5.74, 6) is -0.0511. The zero-order valence-corrected chi connectivity index (χ0v) is 21.1. The number of ether oxygens (including phenoxy) is 1. The predicted molar refractivity (Wildman–Crippen MR) is 134 cm³/mol. The molecule has 1 unspecified atom stereocenters. The predicted octanol–water partition coefficient (Wildman–Crippen LogP) is 6.13. The first kappa shape index (κ1) is 26.2. The summed E-state index contributed by atoms with van der Waals surface area (Å²) in [7, 11) is 0. The highest BCUT2D eigenvalue weighted by atomic mass is 16.5. The Labute approximate surface area is 197 Å². The van der Waals surface area contributed by atoms with Gasteiger partial charge in [-0.25, -0.2) is 0 Å². The van der Waals surface area contributed by atoms with E-state index in [1.807, 2.05) is 6.07 Å². The normalized spacial score (nSPS) is 12.7. The van der Waals surface area contributed by atoms with E-state index in [1.54, 1.807) is 13.0 Å². The molecule has 33 heavy (non-hydrogen) atoms. The average molecular weight is 455 g/mol. The minimum Gasteiger partial charge on any atom is -0.506 e. The van der Waals surface area contributed by atoms with Crippen LogP contribution < -0.4 is 15.4 Å². The van der Waals surface area contributed by atoms with Gasteiger partial charge in [-0.15, -0.1) is 0 Å². The first-order valence-electron chi connectivity index (χ1n) is 11.5. The molecule has 0 radical (unpaired) electrons. The zero-order valence-electron chi connectivity index (χ0n) is 21.1. The summed E-state index contributed by atoms with van der Waals surface area (Å²) < 4.78 is 6.14. The molecule has 0 aliphatic rings. The van der Waals surface area contributed by atoms with Crippen molar-refractivity contribution in [3.8, 4) is 11.5 Å². The quantitative estimate of drug-likeness (QED) is 0.398. The van der Waals surface area contributed by atoms with Gasteiger partial charge < -0.3 is 20.5 Å². The number of anilines is 2. The van der Waals surface area contributed by atoms with Gasteiger partial charge in [0.15, 0.2) is 6.10 Å². The van der Waals surface area contributed by atoms with Crippen molar-refractivity contribution in [2.24, 2.45) is 0 Å². The fraction of sp³-hybridized carbons (Fsp3) is 0.481. The first-order chi connectivity index (χ1) is 15.3. The summed E-state index contributed by atoms with van der Waals surface area (Å²) in [6.07, 6.45) is 1.20. The minimum absolute atomic E-state index is 0.0471. The molecule has 3 N–H and O–H groups in total. The molecule has 6 nitrogen and oxygen atoms in total. The Morgan fingerprint density at radius 3 is 2.15 bits per heavy atom. The Bertz CT molecular complexity index is 1010. The lowest BCUT2D eigenvalue weighted by atomic mass is 9.76. The van der Waals surface area contributed by atoms with E-state index in [0.29, 0.717) is 11.4 Å². The molecular formula is C27H38N2O4. The molecule has 2 amide bonds. The van der Waals surface area contributed by atoms with Crippen molar-refractivity contribution in [3.63, 3.8) is 0 Å². The van der Waals surface area contributed by atoms with Gasteiger partial charge in [0.2, 0.25) is 5.91 Å². The smallest absolute Gasteiger partial charge is 0.265 e. The number of phenolic OH excluding ortho intramolecular Hbond substituents is 1. The van der Waals surface area contributed by atoms with Crippen molar-refractivity contribution in [3.05, 3.63) is 47.5 Å². The Kier molecular flexibility index (Phi) is 8.17. The Morgan fingerprint density at radius 1 is 0.970 bits per heavy atom. The SMILES string of the molecule is CCC(C)(C)c1ccc(OC(C)C(=O)Nc2ccc(NC(C)=O)c(O)c2)c(C(C)(C)CC)c1. The highest BCUT2D eigenvalue weighted by Gasteiger charge is 2.28. The molecule has 0 aliphatic carbocycles. The van der Waals surface area contributed by atoms with Crippen LogP contribution in [0.15, 0.2) is 36.4 Å². The average Bonchev–Trinajstić information content (AvgIpc) is 2.75. The van der Waals surface area contributed by atoms with Crippen LogP contribution in [0.4, 0.5) is 11.4 Å². The monoisotopic (exact) mass is 454 g/mol. The summed E-state index contributed by atoms with van der Waals surface area (Å²) in [5.41, 5.74) is 2.96. The molecule has 0 fully saturated rings. The molecule has 180 valence electrons. The molecule has 0 aliphatic heterocycles. The van der Waals surface area contributed by atoms with Crippen LogP contribution in [0.25, 0.3) is 0 Å². The van der Waals surface area contributed by atoms with Gasteiger partial charge in [-0.3, -0.25) is 9.59 Å². The zero-order chi connectivity index (χ0) is 25.0. The van der Waals surface area contributed by atoms with Crippen molar-refractivity contribution in [1.29, 1.82) is 0 Å². The van der Waals surface area contributed by atoms with Crippen LogP contribution in [0.5, 0.6) is 11.5 Å². The second-order valence-corrected chi connectivity index (χ2v) is 9.85. The number of phenols is 1.